The van der Waals surface area contributed by atoms with Crippen molar-refractivity contribution in [1.82, 2.24) is 9.71 Å². The third-order valence-corrected chi connectivity index (χ3v) is 4.89. The summed E-state index contributed by atoms with van der Waals surface area (Å²) in [4.78, 5) is 4.28. The first-order valence-electron chi connectivity index (χ1n) is 5.97. The molecule has 0 radical (unpaired) electrons. The Balaban J connectivity index is 2.02. The molecule has 0 saturated carbocycles. The minimum atomic E-state index is -3.51. The smallest absolute Gasteiger partial charge is 0.242 e. The second-order valence-electron chi connectivity index (χ2n) is 4.12. The highest BCUT2D eigenvalue weighted by Crippen LogP contribution is 2.22. The monoisotopic (exact) mass is 312 g/mol. The van der Waals surface area contributed by atoms with Crippen LogP contribution in [0.2, 0.25) is 0 Å². The first kappa shape index (κ1) is 14.8. The van der Waals surface area contributed by atoms with Crippen LogP contribution in [-0.2, 0) is 16.4 Å². The summed E-state index contributed by atoms with van der Waals surface area (Å²) in [5.74, 6) is 0. The summed E-state index contributed by atoms with van der Waals surface area (Å²) in [6, 6.07) is 4.80. The number of sulfonamides is 1. The van der Waals surface area contributed by atoms with Crippen molar-refractivity contribution in [2.75, 3.05) is 24.6 Å². The average Bonchev–Trinajstić information content (AvgIpc) is 2.92. The molecule has 0 bridgehead atoms. The van der Waals surface area contributed by atoms with E-state index in [-0.39, 0.29) is 10.6 Å². The van der Waals surface area contributed by atoms with Gasteiger partial charge in [0.15, 0.2) is 0 Å². The number of nitrogens with two attached hydrogens (primary N) is 1. The van der Waals surface area contributed by atoms with Gasteiger partial charge >= 0.3 is 0 Å². The molecule has 8 heteroatoms. The highest BCUT2D eigenvalue weighted by atomic mass is 32.2. The van der Waals surface area contributed by atoms with Crippen LogP contribution in [0.25, 0.3) is 0 Å². The van der Waals surface area contributed by atoms with Gasteiger partial charge in [-0.15, -0.1) is 11.3 Å². The molecule has 0 saturated heterocycles. The van der Waals surface area contributed by atoms with Gasteiger partial charge in [-0.2, -0.15) is 0 Å². The van der Waals surface area contributed by atoms with Crippen molar-refractivity contribution in [3.63, 3.8) is 0 Å². The van der Waals surface area contributed by atoms with Crippen LogP contribution in [0, 0.1) is 0 Å². The van der Waals surface area contributed by atoms with E-state index in [1.54, 1.807) is 29.0 Å². The molecular weight excluding hydrogens is 296 g/mol. The molecule has 108 valence electrons. The molecule has 6 nitrogen and oxygen atoms in total. The number of aromatic nitrogens is 1. The van der Waals surface area contributed by atoms with Gasteiger partial charge in [0.25, 0.3) is 0 Å². The van der Waals surface area contributed by atoms with E-state index in [1.165, 1.54) is 13.1 Å². The van der Waals surface area contributed by atoms with Crippen molar-refractivity contribution in [3.05, 3.63) is 34.8 Å². The van der Waals surface area contributed by atoms with Crippen LogP contribution in [0.15, 0.2) is 34.0 Å². The van der Waals surface area contributed by atoms with Crippen LogP contribution < -0.4 is 15.8 Å². The summed E-state index contributed by atoms with van der Waals surface area (Å²) in [6.07, 6.45) is 0.806. The molecule has 1 aromatic heterocycles. The van der Waals surface area contributed by atoms with Crippen LogP contribution in [0.3, 0.4) is 0 Å². The Morgan fingerprint density at radius 3 is 2.80 bits per heavy atom. The van der Waals surface area contributed by atoms with E-state index in [0.29, 0.717) is 6.54 Å². The fourth-order valence-corrected chi connectivity index (χ4v) is 3.14. The number of thiazole rings is 1. The molecule has 0 amide bonds. The Morgan fingerprint density at radius 2 is 2.20 bits per heavy atom. The first-order valence-corrected chi connectivity index (χ1v) is 8.39. The third kappa shape index (κ3) is 3.47. The molecular formula is C12H16N4O2S2. The standard InChI is InChI=1S/C12H16N4O2S2/c1-14-20(17,18)12-3-2-9(6-11(12)13)15-5-4-10-7-19-8-16-10/h2-3,6-8,14-15H,4-5,13H2,1H3. The van der Waals surface area contributed by atoms with E-state index in [1.807, 2.05) is 5.38 Å². The van der Waals surface area contributed by atoms with Gasteiger partial charge in [0, 0.05) is 24.0 Å². The van der Waals surface area contributed by atoms with Crippen LogP contribution in [0.4, 0.5) is 11.4 Å². The van der Waals surface area contributed by atoms with Gasteiger partial charge in [-0.05, 0) is 25.2 Å². The van der Waals surface area contributed by atoms with Crippen molar-refractivity contribution in [2.45, 2.75) is 11.3 Å². The lowest BCUT2D eigenvalue weighted by molar-refractivity contribution is 0.588. The average molecular weight is 312 g/mol. The zero-order valence-electron chi connectivity index (χ0n) is 11.0. The minimum absolute atomic E-state index is 0.0880. The number of anilines is 2. The van der Waals surface area contributed by atoms with E-state index in [0.717, 1.165) is 17.8 Å². The summed E-state index contributed by atoms with van der Waals surface area (Å²) in [5.41, 5.74) is 9.61. The van der Waals surface area contributed by atoms with Crippen LogP contribution in [0.1, 0.15) is 5.69 Å². The lowest BCUT2D eigenvalue weighted by Crippen LogP contribution is -2.20. The predicted molar refractivity (Wildman–Crippen MR) is 81.4 cm³/mol. The van der Waals surface area contributed by atoms with Crippen molar-refractivity contribution < 1.29 is 8.42 Å². The zero-order chi connectivity index (χ0) is 14.6. The van der Waals surface area contributed by atoms with Crippen molar-refractivity contribution in [1.29, 1.82) is 0 Å². The highest BCUT2D eigenvalue weighted by Gasteiger charge is 2.15. The molecule has 0 aliphatic heterocycles. The quantitative estimate of drug-likeness (QED) is 0.698. The minimum Gasteiger partial charge on any atom is -0.398 e. The maximum Gasteiger partial charge on any atom is 0.242 e. The summed E-state index contributed by atoms with van der Waals surface area (Å²) in [5, 5.41) is 5.19. The van der Waals surface area contributed by atoms with Gasteiger partial charge in [-0.25, -0.2) is 18.1 Å². The van der Waals surface area contributed by atoms with Crippen molar-refractivity contribution in [2.24, 2.45) is 0 Å². The summed E-state index contributed by atoms with van der Waals surface area (Å²) < 4.78 is 25.6. The van der Waals surface area contributed by atoms with E-state index >= 15 is 0 Å². The fourth-order valence-electron chi connectivity index (χ4n) is 1.71. The van der Waals surface area contributed by atoms with Crippen LogP contribution >= 0.6 is 11.3 Å². The molecule has 0 spiro atoms. The molecule has 20 heavy (non-hydrogen) atoms. The summed E-state index contributed by atoms with van der Waals surface area (Å²) >= 11 is 1.56. The third-order valence-electron chi connectivity index (χ3n) is 2.76. The van der Waals surface area contributed by atoms with Gasteiger partial charge in [-0.1, -0.05) is 0 Å². The Morgan fingerprint density at radius 1 is 1.40 bits per heavy atom. The molecule has 0 fully saturated rings. The predicted octanol–water partition coefficient (Wildman–Crippen LogP) is 1.29. The molecule has 1 aromatic carbocycles. The van der Waals surface area contributed by atoms with Crippen molar-refractivity contribution in [3.8, 4) is 0 Å². The topological polar surface area (TPSA) is 97.1 Å². The normalized spacial score (nSPS) is 11.4. The molecule has 0 atom stereocenters. The number of benzene rings is 1. The van der Waals surface area contributed by atoms with E-state index < -0.39 is 10.0 Å². The second-order valence-corrected chi connectivity index (χ2v) is 6.69. The largest absolute Gasteiger partial charge is 0.398 e. The second kappa shape index (κ2) is 6.21. The van der Waals surface area contributed by atoms with E-state index in [2.05, 4.69) is 15.0 Å². The SMILES string of the molecule is CNS(=O)(=O)c1ccc(NCCc2cscn2)cc1N. The highest BCUT2D eigenvalue weighted by molar-refractivity contribution is 7.89. The molecule has 0 aliphatic rings. The summed E-state index contributed by atoms with van der Waals surface area (Å²) in [6.45, 7) is 0.710. The number of hydrogen-bond acceptors (Lipinski definition) is 6. The lowest BCUT2D eigenvalue weighted by atomic mass is 10.2. The number of rotatable bonds is 6. The fraction of sp³-hybridized carbons (Fsp3) is 0.250. The van der Waals surface area contributed by atoms with E-state index in [4.69, 9.17) is 5.73 Å². The molecule has 0 aliphatic carbocycles. The van der Waals surface area contributed by atoms with Crippen molar-refractivity contribution >= 4 is 32.7 Å². The molecule has 4 N–H and O–H groups in total. The zero-order valence-corrected chi connectivity index (χ0v) is 12.6. The Labute approximate surface area is 122 Å². The number of hydrogen-bond donors (Lipinski definition) is 3. The van der Waals surface area contributed by atoms with Crippen LogP contribution in [-0.4, -0.2) is 27.0 Å². The van der Waals surface area contributed by atoms with Gasteiger partial charge in [-0.3, -0.25) is 0 Å². The van der Waals surface area contributed by atoms with Gasteiger partial charge < -0.3 is 11.1 Å². The Hall–Kier alpha value is -1.64. The first-order chi connectivity index (χ1) is 9.53. The Bertz CT molecular complexity index is 669. The number of nitrogens with zero attached hydrogens (tertiary/aromatic N) is 1. The van der Waals surface area contributed by atoms with E-state index in [9.17, 15) is 8.42 Å². The Kier molecular flexibility index (Phi) is 4.58. The molecule has 0 unspecified atom stereocenters. The summed E-state index contributed by atoms with van der Waals surface area (Å²) in [7, 11) is -2.16. The van der Waals surface area contributed by atoms with Gasteiger partial charge in [0.1, 0.15) is 4.90 Å². The maximum atomic E-state index is 11.7. The number of nitrogen functional groups attached to an aromatic ring is 1. The number of nitrogens with one attached hydrogen (secondary N) is 2. The van der Waals surface area contributed by atoms with Crippen LogP contribution in [0.5, 0.6) is 0 Å². The molecule has 2 aromatic rings. The molecule has 1 heterocycles. The van der Waals surface area contributed by atoms with Gasteiger partial charge in [0.2, 0.25) is 10.0 Å². The van der Waals surface area contributed by atoms with Gasteiger partial charge in [0.05, 0.1) is 16.9 Å². The molecule has 2 rings (SSSR count). The maximum absolute atomic E-state index is 11.7. The lowest BCUT2D eigenvalue weighted by Gasteiger charge is -2.10.